The number of halogens is 1. The van der Waals surface area contributed by atoms with Crippen LogP contribution in [0.5, 0.6) is 0 Å². The van der Waals surface area contributed by atoms with Crippen LogP contribution in [0, 0.1) is 13.8 Å². The highest BCUT2D eigenvalue weighted by Gasteiger charge is 2.37. The minimum Gasteiger partial charge on any atom is -0.360 e. The zero-order valence-corrected chi connectivity index (χ0v) is 16.5. The largest absolute Gasteiger partial charge is 0.360 e. The van der Waals surface area contributed by atoms with Gasteiger partial charge in [-0.15, -0.1) is 0 Å². The first-order chi connectivity index (χ1) is 10.5. The average molecular weight is 354 g/mol. The number of benzene rings is 1. The fourth-order valence-corrected chi connectivity index (χ4v) is 4.47. The molecule has 1 aliphatic rings. The van der Waals surface area contributed by atoms with Crippen molar-refractivity contribution in [1.82, 2.24) is 10.6 Å². The standard InChI is InChI=1S/C18H28ClN3S/c1-11-7-12(2)15(14(19)8-11)21-16(23)20-13-9-17(3,4)22-18(5,6)10-13/h7-8,13,22H,9-10H2,1-6H3,(H2,20,21,23). The van der Waals surface area contributed by atoms with Crippen molar-refractivity contribution in [2.24, 2.45) is 0 Å². The van der Waals surface area contributed by atoms with Crippen LogP contribution in [0.25, 0.3) is 0 Å². The van der Waals surface area contributed by atoms with Gasteiger partial charge in [0, 0.05) is 17.1 Å². The van der Waals surface area contributed by atoms with Gasteiger partial charge < -0.3 is 16.0 Å². The smallest absolute Gasteiger partial charge is 0.171 e. The summed E-state index contributed by atoms with van der Waals surface area (Å²) in [4.78, 5) is 0. The lowest BCUT2D eigenvalue weighted by Crippen LogP contribution is -2.62. The Morgan fingerprint density at radius 1 is 1.17 bits per heavy atom. The molecule has 0 saturated carbocycles. The lowest BCUT2D eigenvalue weighted by molar-refractivity contribution is 0.156. The van der Waals surface area contributed by atoms with Gasteiger partial charge in [0.15, 0.2) is 5.11 Å². The van der Waals surface area contributed by atoms with Gasteiger partial charge in [-0.05, 0) is 83.8 Å². The van der Waals surface area contributed by atoms with Crippen molar-refractivity contribution in [1.29, 1.82) is 0 Å². The van der Waals surface area contributed by atoms with Gasteiger partial charge in [0.2, 0.25) is 0 Å². The molecule has 1 aromatic rings. The molecule has 2 rings (SSSR count). The summed E-state index contributed by atoms with van der Waals surface area (Å²) < 4.78 is 0. The molecule has 128 valence electrons. The van der Waals surface area contributed by atoms with Crippen LogP contribution in [0.1, 0.15) is 51.7 Å². The van der Waals surface area contributed by atoms with E-state index in [2.05, 4.69) is 49.7 Å². The zero-order chi connectivity index (χ0) is 17.4. The van der Waals surface area contributed by atoms with Crippen LogP contribution in [-0.4, -0.2) is 22.2 Å². The van der Waals surface area contributed by atoms with Gasteiger partial charge in [-0.25, -0.2) is 0 Å². The highest BCUT2D eigenvalue weighted by Crippen LogP contribution is 2.30. The third kappa shape index (κ3) is 5.07. The number of rotatable bonds is 2. The summed E-state index contributed by atoms with van der Waals surface area (Å²) in [6.07, 6.45) is 2.05. The Labute approximate surface area is 150 Å². The fraction of sp³-hybridized carbons (Fsp3) is 0.611. The van der Waals surface area contributed by atoms with Crippen molar-refractivity contribution in [3.05, 3.63) is 28.3 Å². The summed E-state index contributed by atoms with van der Waals surface area (Å²) in [6.45, 7) is 13.0. The monoisotopic (exact) mass is 353 g/mol. The van der Waals surface area contributed by atoms with Crippen LogP contribution >= 0.6 is 23.8 Å². The maximum Gasteiger partial charge on any atom is 0.171 e. The van der Waals surface area contributed by atoms with E-state index in [1.54, 1.807) is 0 Å². The molecule has 1 aromatic carbocycles. The minimum atomic E-state index is 0.0897. The first kappa shape index (κ1) is 18.5. The number of piperidine rings is 1. The van der Waals surface area contributed by atoms with Crippen molar-refractivity contribution in [3.8, 4) is 0 Å². The minimum absolute atomic E-state index is 0.0897. The van der Waals surface area contributed by atoms with Crippen LogP contribution in [0.4, 0.5) is 5.69 Å². The summed E-state index contributed by atoms with van der Waals surface area (Å²) >= 11 is 11.9. The molecule has 0 aliphatic carbocycles. The van der Waals surface area contributed by atoms with E-state index in [1.165, 1.54) is 0 Å². The molecule has 23 heavy (non-hydrogen) atoms. The Balaban J connectivity index is 2.05. The quantitative estimate of drug-likeness (QED) is 0.681. The first-order valence-corrected chi connectivity index (χ1v) is 8.90. The molecule has 0 spiro atoms. The molecule has 1 heterocycles. The van der Waals surface area contributed by atoms with E-state index in [0.29, 0.717) is 16.2 Å². The highest BCUT2D eigenvalue weighted by molar-refractivity contribution is 7.80. The lowest BCUT2D eigenvalue weighted by atomic mass is 9.80. The number of nitrogens with one attached hydrogen (secondary N) is 3. The van der Waals surface area contributed by atoms with Gasteiger partial charge in [0.25, 0.3) is 0 Å². The Kier molecular flexibility index (Phi) is 5.29. The predicted octanol–water partition coefficient (Wildman–Crippen LogP) is 4.55. The third-order valence-electron chi connectivity index (χ3n) is 4.20. The van der Waals surface area contributed by atoms with Crippen LogP contribution in [0.2, 0.25) is 5.02 Å². The first-order valence-electron chi connectivity index (χ1n) is 8.11. The molecule has 1 saturated heterocycles. The van der Waals surface area contributed by atoms with Crippen LogP contribution in [0.3, 0.4) is 0 Å². The van der Waals surface area contributed by atoms with E-state index in [9.17, 15) is 0 Å². The lowest BCUT2D eigenvalue weighted by Gasteiger charge is -2.46. The Morgan fingerprint density at radius 3 is 2.26 bits per heavy atom. The maximum atomic E-state index is 6.35. The van der Waals surface area contributed by atoms with Gasteiger partial charge in [0.05, 0.1) is 10.7 Å². The number of aryl methyl sites for hydroxylation is 2. The molecule has 5 heteroatoms. The molecular formula is C18H28ClN3S. The molecular weight excluding hydrogens is 326 g/mol. The average Bonchev–Trinajstić information content (AvgIpc) is 2.29. The second-order valence-corrected chi connectivity index (χ2v) is 8.85. The molecule has 1 fully saturated rings. The second-order valence-electron chi connectivity index (χ2n) is 8.04. The third-order valence-corrected chi connectivity index (χ3v) is 4.71. The maximum absolute atomic E-state index is 6.35. The van der Waals surface area contributed by atoms with E-state index in [-0.39, 0.29) is 11.1 Å². The topological polar surface area (TPSA) is 36.1 Å². The van der Waals surface area contributed by atoms with Gasteiger partial charge in [-0.3, -0.25) is 0 Å². The number of hydrogen-bond acceptors (Lipinski definition) is 2. The molecule has 0 radical (unpaired) electrons. The predicted molar refractivity (Wildman–Crippen MR) is 105 cm³/mol. The molecule has 0 aromatic heterocycles. The molecule has 0 bridgehead atoms. The van der Waals surface area contributed by atoms with Crippen molar-refractivity contribution in [2.75, 3.05) is 5.32 Å². The van der Waals surface area contributed by atoms with Crippen molar-refractivity contribution >= 4 is 34.6 Å². The van der Waals surface area contributed by atoms with Gasteiger partial charge in [-0.2, -0.15) is 0 Å². The fourth-order valence-electron chi connectivity index (χ4n) is 3.83. The van der Waals surface area contributed by atoms with E-state index >= 15 is 0 Å². The van der Waals surface area contributed by atoms with Gasteiger partial charge in [0.1, 0.15) is 0 Å². The Hall–Kier alpha value is -0.840. The molecule has 3 N–H and O–H groups in total. The van der Waals surface area contributed by atoms with E-state index in [0.717, 1.165) is 29.7 Å². The molecule has 0 unspecified atom stereocenters. The Bertz CT molecular complexity index is 571. The molecule has 1 aliphatic heterocycles. The Morgan fingerprint density at radius 2 is 1.74 bits per heavy atom. The second kappa shape index (κ2) is 6.58. The zero-order valence-electron chi connectivity index (χ0n) is 14.9. The van der Waals surface area contributed by atoms with E-state index in [4.69, 9.17) is 23.8 Å². The number of anilines is 1. The van der Waals surface area contributed by atoms with Crippen molar-refractivity contribution < 1.29 is 0 Å². The molecule has 0 atom stereocenters. The van der Waals surface area contributed by atoms with Crippen LogP contribution < -0.4 is 16.0 Å². The molecule has 3 nitrogen and oxygen atoms in total. The SMILES string of the molecule is Cc1cc(C)c(NC(=S)NC2CC(C)(C)NC(C)(C)C2)c(Cl)c1. The van der Waals surface area contributed by atoms with Gasteiger partial charge in [-0.1, -0.05) is 17.7 Å². The summed E-state index contributed by atoms with van der Waals surface area (Å²) in [5.41, 5.74) is 3.32. The van der Waals surface area contributed by atoms with Gasteiger partial charge >= 0.3 is 0 Å². The van der Waals surface area contributed by atoms with Crippen molar-refractivity contribution in [2.45, 2.75) is 71.5 Å². The number of thiocarbonyl (C=S) groups is 1. The van der Waals surface area contributed by atoms with E-state index in [1.807, 2.05) is 19.9 Å². The van der Waals surface area contributed by atoms with Crippen LogP contribution in [0.15, 0.2) is 12.1 Å². The summed E-state index contributed by atoms with van der Waals surface area (Å²) in [6, 6.07) is 4.40. The summed E-state index contributed by atoms with van der Waals surface area (Å²) in [7, 11) is 0. The van der Waals surface area contributed by atoms with Crippen LogP contribution in [-0.2, 0) is 0 Å². The van der Waals surface area contributed by atoms with Crippen molar-refractivity contribution in [3.63, 3.8) is 0 Å². The van der Waals surface area contributed by atoms with E-state index < -0.39 is 0 Å². The summed E-state index contributed by atoms with van der Waals surface area (Å²) in [5.74, 6) is 0. The number of hydrogen-bond donors (Lipinski definition) is 3. The summed E-state index contributed by atoms with van der Waals surface area (Å²) in [5, 5.41) is 11.8. The normalized spacial score (nSPS) is 20.1. The molecule has 0 amide bonds. The highest BCUT2D eigenvalue weighted by atomic mass is 35.5.